The van der Waals surface area contributed by atoms with Crippen LogP contribution >= 0.6 is 0 Å². The van der Waals surface area contributed by atoms with E-state index in [9.17, 15) is 9.59 Å². The minimum atomic E-state index is -1.32. The Labute approximate surface area is 104 Å². The van der Waals surface area contributed by atoms with Gasteiger partial charge < -0.3 is 30.3 Å². The van der Waals surface area contributed by atoms with Crippen LogP contribution < -0.4 is 10.6 Å². The Bertz CT molecular complexity index is 303. The van der Waals surface area contributed by atoms with Crippen molar-refractivity contribution in [1.29, 1.82) is 0 Å². The predicted octanol–water partition coefficient (Wildman–Crippen LogP) is -1.46. The van der Waals surface area contributed by atoms with Crippen LogP contribution in [-0.4, -0.2) is 67.3 Å². The van der Waals surface area contributed by atoms with Gasteiger partial charge in [-0.2, -0.15) is 0 Å². The molecule has 0 saturated carbocycles. The van der Waals surface area contributed by atoms with Gasteiger partial charge >= 0.3 is 12.0 Å². The van der Waals surface area contributed by atoms with E-state index in [1.54, 1.807) is 0 Å². The van der Waals surface area contributed by atoms with Crippen LogP contribution in [0.5, 0.6) is 0 Å². The molecule has 104 valence electrons. The fourth-order valence-corrected chi connectivity index (χ4v) is 1.60. The minimum absolute atomic E-state index is 0.215. The number of nitrogens with one attached hydrogen (secondary N) is 2. The second kappa shape index (κ2) is 6.53. The van der Waals surface area contributed by atoms with E-state index in [-0.39, 0.29) is 6.54 Å². The molecule has 8 heteroatoms. The summed E-state index contributed by atoms with van der Waals surface area (Å²) in [5.41, 5.74) is -0.560. The summed E-state index contributed by atoms with van der Waals surface area (Å²) in [6, 6.07) is -1.98. The molecule has 1 saturated heterocycles. The molecule has 2 atom stereocenters. The van der Waals surface area contributed by atoms with Gasteiger partial charge in [0.05, 0.1) is 19.8 Å². The highest BCUT2D eigenvalue weighted by atomic mass is 16.5. The van der Waals surface area contributed by atoms with Crippen LogP contribution in [-0.2, 0) is 14.3 Å². The zero-order chi connectivity index (χ0) is 13.6. The van der Waals surface area contributed by atoms with Crippen molar-refractivity contribution in [3.63, 3.8) is 0 Å². The molecule has 1 aliphatic heterocycles. The molecule has 1 heterocycles. The monoisotopic (exact) mass is 262 g/mol. The predicted molar refractivity (Wildman–Crippen MR) is 60.2 cm³/mol. The molecule has 0 spiro atoms. The van der Waals surface area contributed by atoms with E-state index in [4.69, 9.17) is 19.7 Å². The molecule has 0 aliphatic carbocycles. The van der Waals surface area contributed by atoms with Crippen LogP contribution in [0.15, 0.2) is 0 Å². The van der Waals surface area contributed by atoms with Crippen molar-refractivity contribution in [1.82, 2.24) is 10.6 Å². The highest BCUT2D eigenvalue weighted by Crippen LogP contribution is 2.21. The topological polar surface area (TPSA) is 117 Å². The van der Waals surface area contributed by atoms with E-state index in [2.05, 4.69) is 10.6 Å². The molecule has 18 heavy (non-hydrogen) atoms. The minimum Gasteiger partial charge on any atom is -0.480 e. The Kier molecular flexibility index (Phi) is 5.32. The molecule has 0 aromatic heterocycles. The number of rotatable bonds is 6. The van der Waals surface area contributed by atoms with Crippen LogP contribution in [0.3, 0.4) is 0 Å². The van der Waals surface area contributed by atoms with Gasteiger partial charge in [-0.25, -0.2) is 9.59 Å². The first-order valence-electron chi connectivity index (χ1n) is 5.54. The number of hydrogen-bond donors (Lipinski definition) is 4. The van der Waals surface area contributed by atoms with Crippen molar-refractivity contribution in [2.75, 3.05) is 33.5 Å². The Morgan fingerprint density at radius 2 is 2.28 bits per heavy atom. The first-order chi connectivity index (χ1) is 8.53. The lowest BCUT2D eigenvalue weighted by Crippen LogP contribution is -2.52. The number of methoxy groups -OCH3 is 1. The van der Waals surface area contributed by atoms with Gasteiger partial charge in [0.1, 0.15) is 5.60 Å². The largest absolute Gasteiger partial charge is 0.480 e. The van der Waals surface area contributed by atoms with Crippen LogP contribution in [0, 0.1) is 0 Å². The normalized spacial score (nSPS) is 24.6. The van der Waals surface area contributed by atoms with Gasteiger partial charge in [-0.3, -0.25) is 0 Å². The van der Waals surface area contributed by atoms with E-state index >= 15 is 0 Å². The smallest absolute Gasteiger partial charge is 0.328 e. The van der Waals surface area contributed by atoms with Crippen molar-refractivity contribution in [2.45, 2.75) is 18.1 Å². The van der Waals surface area contributed by atoms with Crippen LogP contribution in [0.25, 0.3) is 0 Å². The lowest BCUT2D eigenvalue weighted by molar-refractivity contribution is -0.140. The molecule has 0 aromatic carbocycles. The number of aliphatic hydroxyl groups excluding tert-OH is 1. The number of aliphatic hydroxyl groups is 1. The van der Waals surface area contributed by atoms with Gasteiger partial charge in [0, 0.05) is 20.1 Å². The first-order valence-corrected chi connectivity index (χ1v) is 5.54. The SMILES string of the molecule is COC1(CNC(=O)N[C@@H](CO)C(=O)O)CCOC1. The van der Waals surface area contributed by atoms with Crippen LogP contribution in [0.1, 0.15) is 6.42 Å². The third kappa shape index (κ3) is 3.83. The van der Waals surface area contributed by atoms with Gasteiger partial charge in [-0.15, -0.1) is 0 Å². The molecule has 4 N–H and O–H groups in total. The summed E-state index contributed by atoms with van der Waals surface area (Å²) in [5, 5.41) is 22.0. The number of carboxylic acids is 1. The maximum atomic E-state index is 11.4. The van der Waals surface area contributed by atoms with Crippen molar-refractivity contribution in [2.24, 2.45) is 0 Å². The number of carbonyl (C=O) groups excluding carboxylic acids is 1. The van der Waals surface area contributed by atoms with E-state index in [0.29, 0.717) is 19.6 Å². The number of aliphatic carboxylic acids is 1. The average molecular weight is 262 g/mol. The fraction of sp³-hybridized carbons (Fsp3) is 0.800. The number of urea groups is 1. The Morgan fingerprint density at radius 3 is 2.72 bits per heavy atom. The van der Waals surface area contributed by atoms with Gasteiger partial charge in [-0.1, -0.05) is 0 Å². The van der Waals surface area contributed by atoms with Crippen molar-refractivity contribution in [3.05, 3.63) is 0 Å². The summed E-state index contributed by atoms with van der Waals surface area (Å²) in [6.45, 7) is 0.492. The average Bonchev–Trinajstić information content (AvgIpc) is 2.82. The second-order valence-electron chi connectivity index (χ2n) is 4.09. The van der Waals surface area contributed by atoms with Gasteiger partial charge in [0.25, 0.3) is 0 Å². The highest BCUT2D eigenvalue weighted by Gasteiger charge is 2.35. The zero-order valence-corrected chi connectivity index (χ0v) is 10.1. The summed E-state index contributed by atoms with van der Waals surface area (Å²) in [4.78, 5) is 22.0. The molecule has 1 unspecified atom stereocenters. The maximum absolute atomic E-state index is 11.4. The summed E-state index contributed by atoms with van der Waals surface area (Å²) in [7, 11) is 1.53. The number of carbonyl (C=O) groups is 2. The summed E-state index contributed by atoms with van der Waals surface area (Å²) >= 11 is 0. The molecule has 8 nitrogen and oxygen atoms in total. The zero-order valence-electron chi connectivity index (χ0n) is 10.1. The second-order valence-corrected chi connectivity index (χ2v) is 4.09. The molecule has 0 bridgehead atoms. The van der Waals surface area contributed by atoms with E-state index in [1.165, 1.54) is 7.11 Å². The van der Waals surface area contributed by atoms with Gasteiger partial charge in [-0.05, 0) is 0 Å². The number of ether oxygens (including phenoxy) is 2. The molecule has 1 rings (SSSR count). The maximum Gasteiger partial charge on any atom is 0.328 e. The van der Waals surface area contributed by atoms with E-state index in [0.717, 1.165) is 0 Å². The first kappa shape index (κ1) is 14.7. The Balaban J connectivity index is 2.38. The van der Waals surface area contributed by atoms with Gasteiger partial charge in [0.15, 0.2) is 6.04 Å². The fourth-order valence-electron chi connectivity index (χ4n) is 1.60. The molecule has 0 aromatic rings. The molecular formula is C10H18N2O6. The van der Waals surface area contributed by atoms with E-state index in [1.807, 2.05) is 0 Å². The van der Waals surface area contributed by atoms with Crippen molar-refractivity contribution < 1.29 is 29.3 Å². The Hall–Kier alpha value is -1.38. The van der Waals surface area contributed by atoms with E-state index < -0.39 is 30.3 Å². The molecule has 1 fully saturated rings. The molecule has 2 amide bonds. The molecule has 1 aliphatic rings. The third-order valence-electron chi connectivity index (χ3n) is 2.86. The quantitative estimate of drug-likeness (QED) is 0.464. The third-order valence-corrected chi connectivity index (χ3v) is 2.86. The lowest BCUT2D eigenvalue weighted by Gasteiger charge is -2.26. The lowest BCUT2D eigenvalue weighted by atomic mass is 10.0. The standard InChI is InChI=1S/C10H18N2O6/c1-17-10(2-3-18-6-10)5-11-9(16)12-7(4-13)8(14)15/h7,13H,2-6H2,1H3,(H,14,15)(H2,11,12,16)/t7-,10?/m0/s1. The summed E-state index contributed by atoms with van der Waals surface area (Å²) in [5.74, 6) is -1.29. The number of hydrogen-bond acceptors (Lipinski definition) is 5. The highest BCUT2D eigenvalue weighted by molar-refractivity contribution is 5.82. The van der Waals surface area contributed by atoms with Crippen LogP contribution in [0.2, 0.25) is 0 Å². The summed E-state index contributed by atoms with van der Waals surface area (Å²) < 4.78 is 10.5. The molecule has 0 radical (unpaired) electrons. The van der Waals surface area contributed by atoms with Crippen molar-refractivity contribution >= 4 is 12.0 Å². The van der Waals surface area contributed by atoms with Crippen molar-refractivity contribution in [3.8, 4) is 0 Å². The number of amides is 2. The number of carboxylic acid groups (broad SMARTS) is 1. The van der Waals surface area contributed by atoms with Gasteiger partial charge in [0.2, 0.25) is 0 Å². The molecular weight excluding hydrogens is 244 g/mol. The summed E-state index contributed by atoms with van der Waals surface area (Å²) in [6.07, 6.45) is 0.659. The van der Waals surface area contributed by atoms with Crippen LogP contribution in [0.4, 0.5) is 4.79 Å². The Morgan fingerprint density at radius 1 is 1.56 bits per heavy atom.